The van der Waals surface area contributed by atoms with Crippen molar-refractivity contribution in [2.45, 2.75) is 19.3 Å². The van der Waals surface area contributed by atoms with Gasteiger partial charge in [0.2, 0.25) is 0 Å². The largest absolute Gasteiger partial charge is 0.573 e. The third-order valence-corrected chi connectivity index (χ3v) is 3.57. The highest BCUT2D eigenvalue weighted by molar-refractivity contribution is 5.73. The van der Waals surface area contributed by atoms with Crippen molar-refractivity contribution in [2.75, 3.05) is 20.3 Å². The lowest BCUT2D eigenvalue weighted by atomic mass is 10.2. The highest BCUT2D eigenvalue weighted by atomic mass is 19.4. The molecule has 2 rings (SSSR count). The summed E-state index contributed by atoms with van der Waals surface area (Å²) in [6.07, 6.45) is -4.23. The number of methoxy groups -OCH3 is 1. The van der Waals surface area contributed by atoms with Crippen molar-refractivity contribution in [3.63, 3.8) is 0 Å². The summed E-state index contributed by atoms with van der Waals surface area (Å²) in [7, 11) is 1.58. The number of para-hydroxylation sites is 1. The normalized spacial score (nSPS) is 10.9. The molecule has 28 heavy (non-hydrogen) atoms. The molecular formula is C19H21F3N2O4. The van der Waals surface area contributed by atoms with Gasteiger partial charge in [0, 0.05) is 18.7 Å². The van der Waals surface area contributed by atoms with Gasteiger partial charge in [-0.2, -0.15) is 0 Å². The lowest BCUT2D eigenvalue weighted by Crippen LogP contribution is -2.36. The molecule has 2 aromatic rings. The number of benzene rings is 2. The van der Waals surface area contributed by atoms with Crippen LogP contribution in [-0.4, -0.2) is 32.7 Å². The maximum absolute atomic E-state index is 12.4. The van der Waals surface area contributed by atoms with E-state index < -0.39 is 12.4 Å². The van der Waals surface area contributed by atoms with E-state index in [9.17, 15) is 18.0 Å². The Balaban J connectivity index is 1.66. The van der Waals surface area contributed by atoms with Crippen LogP contribution < -0.4 is 24.8 Å². The summed E-state index contributed by atoms with van der Waals surface area (Å²) in [6, 6.07) is 12.2. The van der Waals surface area contributed by atoms with Gasteiger partial charge in [-0.05, 0) is 36.8 Å². The van der Waals surface area contributed by atoms with Crippen LogP contribution in [-0.2, 0) is 6.54 Å². The number of ether oxygens (including phenoxy) is 3. The van der Waals surface area contributed by atoms with Crippen molar-refractivity contribution in [3.05, 3.63) is 54.1 Å². The van der Waals surface area contributed by atoms with Gasteiger partial charge in [0.25, 0.3) is 0 Å². The third kappa shape index (κ3) is 7.65. The molecule has 0 radical (unpaired) electrons. The highest BCUT2D eigenvalue weighted by Crippen LogP contribution is 2.26. The molecule has 0 aliphatic rings. The molecule has 0 aromatic heterocycles. The minimum Gasteiger partial charge on any atom is -0.497 e. The van der Waals surface area contributed by atoms with Gasteiger partial charge in [-0.25, -0.2) is 4.79 Å². The molecule has 0 aliphatic carbocycles. The van der Waals surface area contributed by atoms with E-state index in [2.05, 4.69) is 15.4 Å². The summed E-state index contributed by atoms with van der Waals surface area (Å²) in [5.74, 6) is 1.07. The molecular weight excluding hydrogens is 377 g/mol. The van der Waals surface area contributed by atoms with E-state index in [0.717, 1.165) is 5.75 Å². The standard InChI is InChI=1S/C19H21F3N2O4/c1-26-15-7-9-16(10-8-15)27-12-4-11-23-18(25)24-13-14-5-2-3-6-17(14)28-19(20,21)22/h2-3,5-10H,4,11-13H2,1H3,(H2,23,24,25). The fourth-order valence-electron chi connectivity index (χ4n) is 2.25. The molecule has 0 fully saturated rings. The van der Waals surface area contributed by atoms with Crippen molar-refractivity contribution in [1.29, 1.82) is 0 Å². The van der Waals surface area contributed by atoms with Crippen molar-refractivity contribution in [3.8, 4) is 17.2 Å². The molecule has 6 nitrogen and oxygen atoms in total. The number of alkyl halides is 3. The second-order valence-corrected chi connectivity index (χ2v) is 5.64. The molecule has 0 bridgehead atoms. The van der Waals surface area contributed by atoms with E-state index in [4.69, 9.17) is 9.47 Å². The van der Waals surface area contributed by atoms with E-state index >= 15 is 0 Å². The molecule has 152 valence electrons. The van der Waals surface area contributed by atoms with Gasteiger partial charge >= 0.3 is 12.4 Å². The smallest absolute Gasteiger partial charge is 0.497 e. The van der Waals surface area contributed by atoms with Crippen LogP contribution in [0.25, 0.3) is 0 Å². The Morgan fingerprint density at radius 1 is 1.00 bits per heavy atom. The summed E-state index contributed by atoms with van der Waals surface area (Å²) in [4.78, 5) is 11.8. The van der Waals surface area contributed by atoms with E-state index in [1.165, 1.54) is 18.2 Å². The number of carbonyl (C=O) groups is 1. The first-order valence-electron chi connectivity index (χ1n) is 8.49. The molecule has 9 heteroatoms. The van der Waals surface area contributed by atoms with Crippen LogP contribution in [0, 0.1) is 0 Å². The molecule has 0 unspecified atom stereocenters. The zero-order valence-electron chi connectivity index (χ0n) is 15.2. The van der Waals surface area contributed by atoms with Crippen molar-refractivity contribution < 1.29 is 32.2 Å². The van der Waals surface area contributed by atoms with Gasteiger partial charge < -0.3 is 24.8 Å². The van der Waals surface area contributed by atoms with Gasteiger partial charge in [0.05, 0.1) is 13.7 Å². The van der Waals surface area contributed by atoms with Gasteiger partial charge in [-0.1, -0.05) is 18.2 Å². The Labute approximate surface area is 160 Å². The van der Waals surface area contributed by atoms with Crippen molar-refractivity contribution >= 4 is 6.03 Å². The maximum Gasteiger partial charge on any atom is 0.573 e. The molecule has 0 heterocycles. The average Bonchev–Trinajstić information content (AvgIpc) is 2.66. The van der Waals surface area contributed by atoms with Gasteiger partial charge in [0.1, 0.15) is 17.2 Å². The van der Waals surface area contributed by atoms with Crippen LogP contribution >= 0.6 is 0 Å². The number of carbonyl (C=O) groups excluding carboxylic acids is 1. The second-order valence-electron chi connectivity index (χ2n) is 5.64. The molecule has 0 spiro atoms. The maximum atomic E-state index is 12.4. The first kappa shape index (κ1) is 21.2. The Morgan fingerprint density at radius 3 is 2.36 bits per heavy atom. The van der Waals surface area contributed by atoms with Gasteiger partial charge in [-0.15, -0.1) is 13.2 Å². The Morgan fingerprint density at radius 2 is 1.68 bits per heavy atom. The number of urea groups is 1. The quantitative estimate of drug-likeness (QED) is 0.630. The van der Waals surface area contributed by atoms with Crippen LogP contribution in [0.2, 0.25) is 0 Å². The predicted molar refractivity (Wildman–Crippen MR) is 96.5 cm³/mol. The Bertz CT molecular complexity index is 752. The van der Waals surface area contributed by atoms with Crippen LogP contribution in [0.1, 0.15) is 12.0 Å². The summed E-state index contributed by atoms with van der Waals surface area (Å²) in [5.41, 5.74) is 0.220. The zero-order valence-corrected chi connectivity index (χ0v) is 15.2. The van der Waals surface area contributed by atoms with E-state index in [0.29, 0.717) is 25.3 Å². The Kier molecular flexibility index (Phi) is 7.79. The van der Waals surface area contributed by atoms with Crippen LogP contribution in [0.3, 0.4) is 0 Å². The first-order chi connectivity index (χ1) is 13.4. The predicted octanol–water partition coefficient (Wildman–Crippen LogP) is 3.86. The topological polar surface area (TPSA) is 68.8 Å². The molecule has 0 atom stereocenters. The minimum absolute atomic E-state index is 0.0968. The number of hydrogen-bond acceptors (Lipinski definition) is 4. The van der Waals surface area contributed by atoms with Crippen molar-refractivity contribution in [2.24, 2.45) is 0 Å². The van der Waals surface area contributed by atoms with Crippen LogP contribution in [0.15, 0.2) is 48.5 Å². The summed E-state index contributed by atoms with van der Waals surface area (Å²) >= 11 is 0. The van der Waals surface area contributed by atoms with E-state index in [1.54, 1.807) is 37.4 Å². The summed E-state index contributed by atoms with van der Waals surface area (Å²) < 4.78 is 51.7. The summed E-state index contributed by atoms with van der Waals surface area (Å²) in [6.45, 7) is 0.651. The number of nitrogens with one attached hydrogen (secondary N) is 2. The molecule has 2 N–H and O–H groups in total. The summed E-state index contributed by atoms with van der Waals surface area (Å²) in [5, 5.41) is 5.11. The zero-order chi connectivity index (χ0) is 20.4. The molecule has 2 aromatic carbocycles. The highest BCUT2D eigenvalue weighted by Gasteiger charge is 2.31. The number of amides is 2. The number of hydrogen-bond donors (Lipinski definition) is 2. The fourth-order valence-corrected chi connectivity index (χ4v) is 2.25. The molecule has 0 aliphatic heterocycles. The second kappa shape index (κ2) is 10.3. The number of halogens is 3. The van der Waals surface area contributed by atoms with Crippen LogP contribution in [0.4, 0.5) is 18.0 Å². The molecule has 0 saturated heterocycles. The first-order valence-corrected chi connectivity index (χ1v) is 8.49. The van der Waals surface area contributed by atoms with E-state index in [-0.39, 0.29) is 17.9 Å². The van der Waals surface area contributed by atoms with Crippen molar-refractivity contribution in [1.82, 2.24) is 10.6 Å². The minimum atomic E-state index is -4.79. The van der Waals surface area contributed by atoms with Gasteiger partial charge in [0.15, 0.2) is 0 Å². The number of rotatable bonds is 9. The molecule has 0 saturated carbocycles. The SMILES string of the molecule is COc1ccc(OCCCNC(=O)NCc2ccccc2OC(F)(F)F)cc1. The lowest BCUT2D eigenvalue weighted by Gasteiger charge is -2.14. The molecule has 2 amide bonds. The third-order valence-electron chi connectivity index (χ3n) is 3.57. The fraction of sp³-hybridized carbons (Fsp3) is 0.316. The lowest BCUT2D eigenvalue weighted by molar-refractivity contribution is -0.274. The Hall–Kier alpha value is -3.10. The van der Waals surface area contributed by atoms with Crippen LogP contribution in [0.5, 0.6) is 17.2 Å². The monoisotopic (exact) mass is 398 g/mol. The van der Waals surface area contributed by atoms with E-state index in [1.807, 2.05) is 0 Å². The van der Waals surface area contributed by atoms with Gasteiger partial charge in [-0.3, -0.25) is 0 Å². The average molecular weight is 398 g/mol.